The zero-order valence-corrected chi connectivity index (χ0v) is 11.0. The third kappa shape index (κ3) is 4.02. The predicted molar refractivity (Wildman–Crippen MR) is 65.0 cm³/mol. The van der Waals surface area contributed by atoms with Crippen LogP contribution >= 0.6 is 11.6 Å². The van der Waals surface area contributed by atoms with Crippen LogP contribution in [0, 0.1) is 10.1 Å². The van der Waals surface area contributed by atoms with E-state index in [2.05, 4.69) is 9.47 Å². The lowest BCUT2D eigenvalue weighted by Gasteiger charge is -2.11. The monoisotopic (exact) mass is 309 g/mol. The van der Waals surface area contributed by atoms with Gasteiger partial charge in [-0.05, 0) is 6.07 Å². The van der Waals surface area contributed by atoms with Gasteiger partial charge in [0.2, 0.25) is 0 Å². The van der Waals surface area contributed by atoms with Gasteiger partial charge in [-0.1, -0.05) is 0 Å². The van der Waals surface area contributed by atoms with E-state index in [1.165, 1.54) is 0 Å². The summed E-state index contributed by atoms with van der Waals surface area (Å²) in [6, 6.07) is 2.00. The fraction of sp³-hybridized carbons (Fsp3) is 0.364. The third-order valence-corrected chi connectivity index (χ3v) is 2.67. The number of halogens is 3. The van der Waals surface area contributed by atoms with E-state index in [1.807, 2.05) is 0 Å². The molecule has 0 N–H and O–H groups in total. The minimum absolute atomic E-state index is 0.0345. The standard InChI is InChI=1S/C11H10ClF2NO5/c1-19-10(16)4-6-3-9(20-11(13)14)7(5-12)2-8(6)15(17)18/h2-3,11H,4-5H2,1H3. The first-order valence-corrected chi connectivity index (χ1v) is 5.80. The summed E-state index contributed by atoms with van der Waals surface area (Å²) in [5.41, 5.74) is -0.466. The highest BCUT2D eigenvalue weighted by Crippen LogP contribution is 2.31. The Hall–Kier alpha value is -1.96. The molecule has 0 atom stereocenters. The van der Waals surface area contributed by atoms with Gasteiger partial charge in [-0.2, -0.15) is 8.78 Å². The molecule has 6 nitrogen and oxygen atoms in total. The van der Waals surface area contributed by atoms with Gasteiger partial charge in [0.25, 0.3) is 5.69 Å². The van der Waals surface area contributed by atoms with Crippen molar-refractivity contribution in [3.05, 3.63) is 33.4 Å². The summed E-state index contributed by atoms with van der Waals surface area (Å²) < 4.78 is 33.2. The van der Waals surface area contributed by atoms with E-state index in [9.17, 15) is 23.7 Å². The molecule has 0 bridgehead atoms. The lowest BCUT2D eigenvalue weighted by molar-refractivity contribution is -0.385. The van der Waals surface area contributed by atoms with Crippen LogP contribution in [0.3, 0.4) is 0 Å². The van der Waals surface area contributed by atoms with Crippen molar-refractivity contribution in [3.8, 4) is 5.75 Å². The Kier molecular flexibility index (Phi) is 5.63. The summed E-state index contributed by atoms with van der Waals surface area (Å²) in [5, 5.41) is 10.9. The van der Waals surface area contributed by atoms with Crippen LogP contribution in [-0.4, -0.2) is 24.6 Å². The number of ether oxygens (including phenoxy) is 2. The van der Waals surface area contributed by atoms with Crippen LogP contribution in [0.4, 0.5) is 14.5 Å². The van der Waals surface area contributed by atoms with Crippen LogP contribution < -0.4 is 4.74 Å². The van der Waals surface area contributed by atoms with Crippen molar-refractivity contribution in [2.24, 2.45) is 0 Å². The van der Waals surface area contributed by atoms with Crippen LogP contribution in [0.1, 0.15) is 11.1 Å². The number of carbonyl (C=O) groups is 1. The van der Waals surface area contributed by atoms with Gasteiger partial charge in [0, 0.05) is 17.2 Å². The normalized spacial score (nSPS) is 10.4. The van der Waals surface area contributed by atoms with E-state index in [0.29, 0.717) is 0 Å². The van der Waals surface area contributed by atoms with Crippen LogP contribution in [0.5, 0.6) is 5.75 Å². The molecule has 110 valence electrons. The number of nitro groups is 1. The molecule has 0 radical (unpaired) electrons. The fourth-order valence-electron chi connectivity index (χ4n) is 1.50. The molecule has 0 fully saturated rings. The Labute approximate surface area is 117 Å². The first kappa shape index (κ1) is 16.1. The molecule has 0 saturated carbocycles. The molecule has 1 rings (SSSR count). The summed E-state index contributed by atoms with van der Waals surface area (Å²) in [5.74, 6) is -1.30. The highest BCUT2D eigenvalue weighted by molar-refractivity contribution is 6.17. The molecule has 20 heavy (non-hydrogen) atoms. The van der Waals surface area contributed by atoms with Crippen molar-refractivity contribution in [2.45, 2.75) is 18.9 Å². The van der Waals surface area contributed by atoms with Gasteiger partial charge >= 0.3 is 12.6 Å². The Bertz CT molecular complexity index is 524. The minimum atomic E-state index is -3.11. The number of esters is 1. The van der Waals surface area contributed by atoms with E-state index < -0.39 is 29.6 Å². The fourth-order valence-corrected chi connectivity index (χ4v) is 1.71. The number of nitrogens with zero attached hydrogens (tertiary/aromatic N) is 1. The average Bonchev–Trinajstić information content (AvgIpc) is 2.37. The lowest BCUT2D eigenvalue weighted by Crippen LogP contribution is -2.10. The van der Waals surface area contributed by atoms with Gasteiger partial charge < -0.3 is 9.47 Å². The van der Waals surface area contributed by atoms with E-state index in [0.717, 1.165) is 19.2 Å². The summed E-state index contributed by atoms with van der Waals surface area (Å²) in [6.45, 7) is -3.11. The average molecular weight is 310 g/mol. The van der Waals surface area contributed by atoms with Crippen LogP contribution in [0.15, 0.2) is 12.1 Å². The van der Waals surface area contributed by atoms with Crippen LogP contribution in [0.25, 0.3) is 0 Å². The van der Waals surface area contributed by atoms with Crippen molar-refractivity contribution < 1.29 is 28.0 Å². The summed E-state index contributed by atoms with van der Waals surface area (Å²) >= 11 is 5.54. The number of hydrogen-bond donors (Lipinski definition) is 0. The molecule has 0 aliphatic heterocycles. The maximum Gasteiger partial charge on any atom is 0.387 e. The molecule has 0 unspecified atom stereocenters. The Morgan fingerprint density at radius 3 is 2.55 bits per heavy atom. The molecule has 0 heterocycles. The molecule has 0 saturated heterocycles. The number of methoxy groups -OCH3 is 1. The molecule has 0 amide bonds. The van der Waals surface area contributed by atoms with Gasteiger partial charge in [-0.15, -0.1) is 11.6 Å². The van der Waals surface area contributed by atoms with Crippen LogP contribution in [0.2, 0.25) is 0 Å². The van der Waals surface area contributed by atoms with E-state index in [-0.39, 0.29) is 22.8 Å². The summed E-state index contributed by atoms with van der Waals surface area (Å²) in [6.07, 6.45) is -0.436. The smallest absolute Gasteiger partial charge is 0.387 e. The van der Waals surface area contributed by atoms with Crippen molar-refractivity contribution in [1.29, 1.82) is 0 Å². The second kappa shape index (κ2) is 6.99. The lowest BCUT2D eigenvalue weighted by atomic mass is 10.1. The minimum Gasteiger partial charge on any atom is -0.469 e. The number of carbonyl (C=O) groups excluding carboxylic acids is 1. The molecule has 1 aromatic carbocycles. The van der Waals surface area contributed by atoms with Crippen molar-refractivity contribution >= 4 is 23.3 Å². The maximum absolute atomic E-state index is 12.3. The van der Waals surface area contributed by atoms with E-state index in [4.69, 9.17) is 11.6 Å². The van der Waals surface area contributed by atoms with Gasteiger partial charge in [0.05, 0.1) is 24.3 Å². The highest BCUT2D eigenvalue weighted by Gasteiger charge is 2.22. The zero-order chi connectivity index (χ0) is 15.3. The SMILES string of the molecule is COC(=O)Cc1cc(OC(F)F)c(CCl)cc1[N+](=O)[O-]. The van der Waals surface area contributed by atoms with Crippen molar-refractivity contribution in [1.82, 2.24) is 0 Å². The first-order chi connectivity index (χ1) is 9.38. The Morgan fingerprint density at radius 2 is 2.10 bits per heavy atom. The molecular weight excluding hydrogens is 300 g/mol. The van der Waals surface area contributed by atoms with Crippen LogP contribution in [-0.2, 0) is 21.8 Å². The van der Waals surface area contributed by atoms with Crippen molar-refractivity contribution in [2.75, 3.05) is 7.11 Å². The van der Waals surface area contributed by atoms with Gasteiger partial charge in [0.15, 0.2) is 0 Å². The Balaban J connectivity index is 3.30. The van der Waals surface area contributed by atoms with E-state index in [1.54, 1.807) is 0 Å². The molecule has 0 aliphatic carbocycles. The Morgan fingerprint density at radius 1 is 1.45 bits per heavy atom. The van der Waals surface area contributed by atoms with Crippen molar-refractivity contribution in [3.63, 3.8) is 0 Å². The summed E-state index contributed by atoms with van der Waals surface area (Å²) in [7, 11) is 1.11. The number of hydrogen-bond acceptors (Lipinski definition) is 5. The molecule has 0 aromatic heterocycles. The predicted octanol–water partition coefficient (Wildman–Crippen LogP) is 2.65. The zero-order valence-electron chi connectivity index (χ0n) is 10.3. The first-order valence-electron chi connectivity index (χ1n) is 5.26. The molecular formula is C11H10ClF2NO5. The number of alkyl halides is 3. The molecule has 0 spiro atoms. The highest BCUT2D eigenvalue weighted by atomic mass is 35.5. The summed E-state index contributed by atoms with van der Waals surface area (Å²) in [4.78, 5) is 21.4. The van der Waals surface area contributed by atoms with Gasteiger partial charge in [-0.25, -0.2) is 0 Å². The topological polar surface area (TPSA) is 78.7 Å². The maximum atomic E-state index is 12.3. The number of rotatable bonds is 6. The molecule has 9 heteroatoms. The second-order valence-electron chi connectivity index (χ2n) is 3.61. The molecule has 0 aliphatic rings. The quantitative estimate of drug-likeness (QED) is 0.349. The van der Waals surface area contributed by atoms with E-state index >= 15 is 0 Å². The molecule has 1 aromatic rings. The third-order valence-electron chi connectivity index (χ3n) is 2.38. The van der Waals surface area contributed by atoms with Gasteiger partial charge in [-0.3, -0.25) is 14.9 Å². The van der Waals surface area contributed by atoms with Gasteiger partial charge in [0.1, 0.15) is 5.75 Å². The second-order valence-corrected chi connectivity index (χ2v) is 3.88. The largest absolute Gasteiger partial charge is 0.469 e. The number of benzene rings is 1. The number of nitro benzene ring substituents is 1.